The van der Waals surface area contributed by atoms with Gasteiger partial charge < -0.3 is 4.74 Å². The standard InChI is InChI=1S/C24H27F3N2O6/c25-24(26,27)13-6-4-2-1-3-5-8-15(30)14-35-18-10-7-9-16-20(18)23(34)29(22(16)33)17-11-12-19(31)28-21(17)32/h7,9-10,17H,1-6,8,11-14H2,(H,28,31,32). The quantitative estimate of drug-likeness (QED) is 0.349. The number of alkyl halides is 3. The lowest BCUT2D eigenvalue weighted by Gasteiger charge is -2.27. The number of fused-ring (bicyclic) bond motifs is 1. The monoisotopic (exact) mass is 496 g/mol. The minimum atomic E-state index is -4.12. The fourth-order valence-corrected chi connectivity index (χ4v) is 4.19. The second-order valence-corrected chi connectivity index (χ2v) is 8.69. The molecule has 0 bridgehead atoms. The lowest BCUT2D eigenvalue weighted by molar-refractivity contribution is -0.137. The first-order chi connectivity index (χ1) is 16.6. The van der Waals surface area contributed by atoms with E-state index >= 15 is 0 Å². The third-order valence-electron chi connectivity index (χ3n) is 5.98. The maximum atomic E-state index is 13.0. The van der Waals surface area contributed by atoms with Crippen LogP contribution in [0.4, 0.5) is 13.2 Å². The van der Waals surface area contributed by atoms with Gasteiger partial charge in [0, 0.05) is 19.3 Å². The topological polar surface area (TPSA) is 110 Å². The number of hydrogen-bond acceptors (Lipinski definition) is 6. The number of nitrogens with zero attached hydrogens (tertiary/aromatic N) is 1. The molecule has 3 rings (SSSR count). The molecule has 0 aliphatic carbocycles. The summed E-state index contributed by atoms with van der Waals surface area (Å²) in [4.78, 5) is 62.4. The zero-order valence-corrected chi connectivity index (χ0v) is 19.1. The molecular formula is C24H27F3N2O6. The van der Waals surface area contributed by atoms with Gasteiger partial charge in [-0.15, -0.1) is 0 Å². The first kappa shape index (κ1) is 26.4. The third-order valence-corrected chi connectivity index (χ3v) is 5.98. The highest BCUT2D eigenvalue weighted by atomic mass is 19.4. The van der Waals surface area contributed by atoms with Crippen molar-refractivity contribution >= 4 is 29.4 Å². The molecule has 0 radical (unpaired) electrons. The summed E-state index contributed by atoms with van der Waals surface area (Å²) in [5.74, 6) is -2.70. The number of carbonyl (C=O) groups excluding carboxylic acids is 5. The van der Waals surface area contributed by atoms with Crippen LogP contribution in [-0.2, 0) is 14.4 Å². The molecule has 1 fully saturated rings. The zero-order valence-electron chi connectivity index (χ0n) is 19.1. The van der Waals surface area contributed by atoms with Crippen molar-refractivity contribution in [2.24, 2.45) is 0 Å². The van der Waals surface area contributed by atoms with Gasteiger partial charge in [-0.05, 0) is 31.4 Å². The molecule has 35 heavy (non-hydrogen) atoms. The fraction of sp³-hybridized carbons (Fsp3) is 0.542. The van der Waals surface area contributed by atoms with Crippen LogP contribution in [0.1, 0.15) is 84.9 Å². The number of piperidine rings is 1. The number of amides is 4. The molecule has 2 heterocycles. The van der Waals surface area contributed by atoms with Crippen LogP contribution in [0.25, 0.3) is 0 Å². The molecule has 2 aliphatic heterocycles. The average Bonchev–Trinajstić information content (AvgIpc) is 3.04. The number of ketones is 1. The Kier molecular flexibility index (Phi) is 8.63. The third kappa shape index (κ3) is 6.89. The van der Waals surface area contributed by atoms with Gasteiger partial charge in [-0.3, -0.25) is 34.2 Å². The van der Waals surface area contributed by atoms with E-state index in [1.54, 1.807) is 0 Å². The molecular weight excluding hydrogens is 469 g/mol. The highest BCUT2D eigenvalue weighted by Crippen LogP contribution is 2.33. The van der Waals surface area contributed by atoms with E-state index in [2.05, 4.69) is 5.32 Å². The molecule has 1 saturated heterocycles. The summed E-state index contributed by atoms with van der Waals surface area (Å²) in [5, 5.41) is 2.13. The summed E-state index contributed by atoms with van der Waals surface area (Å²) in [6.45, 7) is -0.304. The van der Waals surface area contributed by atoms with E-state index in [1.807, 2.05) is 0 Å². The Bertz CT molecular complexity index is 1010. The largest absolute Gasteiger partial charge is 0.485 e. The Labute approximate surface area is 200 Å². The second-order valence-electron chi connectivity index (χ2n) is 8.69. The van der Waals surface area contributed by atoms with Crippen LogP contribution in [0, 0.1) is 0 Å². The number of hydrogen-bond donors (Lipinski definition) is 1. The first-order valence-electron chi connectivity index (χ1n) is 11.6. The SMILES string of the molecule is O=C(CCCCCCCCC(F)(F)F)COc1cccc2c1C(=O)N(C1CCC(=O)NC1=O)C2=O. The van der Waals surface area contributed by atoms with E-state index in [-0.39, 0.29) is 54.9 Å². The van der Waals surface area contributed by atoms with Gasteiger partial charge in [0.15, 0.2) is 5.78 Å². The highest BCUT2D eigenvalue weighted by molar-refractivity contribution is 6.24. The predicted octanol–water partition coefficient (Wildman–Crippen LogP) is 3.72. The van der Waals surface area contributed by atoms with E-state index in [1.165, 1.54) is 18.2 Å². The Morgan fingerprint density at radius 1 is 1.00 bits per heavy atom. The number of imide groups is 2. The van der Waals surface area contributed by atoms with E-state index in [4.69, 9.17) is 4.74 Å². The first-order valence-corrected chi connectivity index (χ1v) is 11.6. The molecule has 1 N–H and O–H groups in total. The van der Waals surface area contributed by atoms with E-state index in [0.717, 1.165) is 11.3 Å². The molecule has 1 unspecified atom stereocenters. The van der Waals surface area contributed by atoms with Gasteiger partial charge in [-0.25, -0.2) is 0 Å². The van der Waals surface area contributed by atoms with Crippen molar-refractivity contribution in [3.8, 4) is 5.75 Å². The molecule has 1 aromatic rings. The summed E-state index contributed by atoms with van der Waals surface area (Å²) >= 11 is 0. The van der Waals surface area contributed by atoms with Gasteiger partial charge in [0.2, 0.25) is 11.8 Å². The molecule has 1 atom stereocenters. The maximum Gasteiger partial charge on any atom is 0.389 e. The van der Waals surface area contributed by atoms with E-state index < -0.39 is 42.3 Å². The van der Waals surface area contributed by atoms with Crippen LogP contribution >= 0.6 is 0 Å². The molecule has 0 spiro atoms. The van der Waals surface area contributed by atoms with Crippen LogP contribution in [0.5, 0.6) is 5.75 Å². The molecule has 2 aliphatic rings. The molecule has 4 amide bonds. The summed E-state index contributed by atoms with van der Waals surface area (Å²) < 4.78 is 41.8. The van der Waals surface area contributed by atoms with Gasteiger partial charge in [0.1, 0.15) is 18.4 Å². The lowest BCUT2D eigenvalue weighted by Crippen LogP contribution is -2.54. The van der Waals surface area contributed by atoms with E-state index in [0.29, 0.717) is 25.7 Å². The summed E-state index contributed by atoms with van der Waals surface area (Å²) in [7, 11) is 0. The van der Waals surface area contributed by atoms with Crippen LogP contribution < -0.4 is 10.1 Å². The molecule has 0 saturated carbocycles. The Hall–Kier alpha value is -3.24. The van der Waals surface area contributed by atoms with Crippen molar-refractivity contribution in [2.75, 3.05) is 6.61 Å². The molecule has 190 valence electrons. The van der Waals surface area contributed by atoms with Crippen LogP contribution in [0.15, 0.2) is 18.2 Å². The number of benzene rings is 1. The summed E-state index contributed by atoms with van der Waals surface area (Å²) in [6.07, 6.45) is -1.30. The van der Waals surface area contributed by atoms with Crippen LogP contribution in [-0.4, -0.2) is 53.1 Å². The van der Waals surface area contributed by atoms with Crippen LogP contribution in [0.3, 0.4) is 0 Å². The molecule has 0 aromatic heterocycles. The van der Waals surface area contributed by atoms with Gasteiger partial charge in [-0.2, -0.15) is 13.2 Å². The number of halogens is 3. The number of ether oxygens (including phenoxy) is 1. The smallest absolute Gasteiger partial charge is 0.389 e. The number of rotatable bonds is 12. The number of Topliss-reactive ketones (excluding diaryl/α,β-unsaturated/α-hetero) is 1. The lowest BCUT2D eigenvalue weighted by atomic mass is 10.0. The highest BCUT2D eigenvalue weighted by Gasteiger charge is 2.46. The van der Waals surface area contributed by atoms with Gasteiger partial charge in [0.05, 0.1) is 11.1 Å². The minimum Gasteiger partial charge on any atom is -0.485 e. The zero-order chi connectivity index (χ0) is 25.6. The summed E-state index contributed by atoms with van der Waals surface area (Å²) in [5.41, 5.74) is 0.0454. The Morgan fingerprint density at radius 3 is 2.37 bits per heavy atom. The minimum absolute atomic E-state index is 0.00916. The number of nitrogens with one attached hydrogen (secondary N) is 1. The fourth-order valence-electron chi connectivity index (χ4n) is 4.19. The van der Waals surface area contributed by atoms with Crippen molar-refractivity contribution in [1.29, 1.82) is 0 Å². The van der Waals surface area contributed by atoms with Crippen molar-refractivity contribution in [2.45, 2.75) is 76.4 Å². The van der Waals surface area contributed by atoms with Gasteiger partial charge >= 0.3 is 6.18 Å². The molecule has 1 aromatic carbocycles. The van der Waals surface area contributed by atoms with Crippen molar-refractivity contribution in [3.63, 3.8) is 0 Å². The van der Waals surface area contributed by atoms with Crippen molar-refractivity contribution in [3.05, 3.63) is 29.3 Å². The predicted molar refractivity (Wildman–Crippen MR) is 117 cm³/mol. The summed E-state index contributed by atoms with van der Waals surface area (Å²) in [6, 6.07) is 3.32. The average molecular weight is 496 g/mol. The normalized spacial score (nSPS) is 18.0. The van der Waals surface area contributed by atoms with Crippen molar-refractivity contribution in [1.82, 2.24) is 10.2 Å². The van der Waals surface area contributed by atoms with Crippen LogP contribution in [0.2, 0.25) is 0 Å². The second kappa shape index (κ2) is 11.5. The Morgan fingerprint density at radius 2 is 1.69 bits per heavy atom. The maximum absolute atomic E-state index is 13.0. The molecule has 11 heteroatoms. The van der Waals surface area contributed by atoms with Crippen molar-refractivity contribution < 1.29 is 41.9 Å². The molecule has 8 nitrogen and oxygen atoms in total. The Balaban J connectivity index is 1.46. The number of unbranched alkanes of at least 4 members (excludes halogenated alkanes) is 5. The van der Waals surface area contributed by atoms with Gasteiger partial charge in [-0.1, -0.05) is 31.7 Å². The number of carbonyl (C=O) groups is 5. The van der Waals surface area contributed by atoms with E-state index in [9.17, 15) is 37.1 Å². The van der Waals surface area contributed by atoms with Gasteiger partial charge in [0.25, 0.3) is 11.8 Å².